The number of nitrogens with zero attached hydrogens (tertiary/aromatic N) is 2. The van der Waals surface area contributed by atoms with Crippen LogP contribution in [0.25, 0.3) is 0 Å². The average Bonchev–Trinajstić information content (AvgIpc) is 2.69. The summed E-state index contributed by atoms with van der Waals surface area (Å²) >= 11 is 0. The van der Waals surface area contributed by atoms with Crippen LogP contribution in [0.15, 0.2) is 59.5 Å². The molecule has 6 nitrogen and oxygen atoms in total. The van der Waals surface area contributed by atoms with Crippen LogP contribution in [-0.2, 0) is 21.4 Å². The maximum absolute atomic E-state index is 12.7. The van der Waals surface area contributed by atoms with Gasteiger partial charge in [-0.05, 0) is 30.3 Å². The minimum absolute atomic E-state index is 0.171. The Labute approximate surface area is 168 Å². The molecular weight excluding hydrogens is 374 g/mol. The normalized spacial score (nSPS) is 11.8. The predicted molar refractivity (Wildman–Crippen MR) is 113 cm³/mol. The van der Waals surface area contributed by atoms with E-state index < -0.39 is 10.0 Å². The van der Waals surface area contributed by atoms with Crippen molar-refractivity contribution in [2.24, 2.45) is 0 Å². The number of hydrogen-bond donors (Lipinski definition) is 1. The van der Waals surface area contributed by atoms with E-state index in [1.54, 1.807) is 32.0 Å². The summed E-state index contributed by atoms with van der Waals surface area (Å²) in [4.78, 5) is 14.7. The van der Waals surface area contributed by atoms with E-state index in [1.807, 2.05) is 42.2 Å². The fourth-order valence-electron chi connectivity index (χ4n) is 2.97. The van der Waals surface area contributed by atoms with Crippen LogP contribution in [0.1, 0.15) is 26.3 Å². The molecule has 7 heteroatoms. The minimum Gasteiger partial charge on any atom is -0.325 e. The molecular formula is C21H29N3O3S. The van der Waals surface area contributed by atoms with Crippen LogP contribution in [0.2, 0.25) is 0 Å². The van der Waals surface area contributed by atoms with Gasteiger partial charge in [-0.1, -0.05) is 57.2 Å². The molecule has 0 aliphatic heterocycles. The number of anilines is 1. The monoisotopic (exact) mass is 403 g/mol. The highest BCUT2D eigenvalue weighted by atomic mass is 32.2. The summed E-state index contributed by atoms with van der Waals surface area (Å²) in [6.45, 7) is 8.07. The molecule has 152 valence electrons. The van der Waals surface area contributed by atoms with Crippen LogP contribution in [-0.4, -0.2) is 49.7 Å². The van der Waals surface area contributed by atoms with Crippen molar-refractivity contribution in [3.63, 3.8) is 0 Å². The zero-order valence-corrected chi connectivity index (χ0v) is 17.6. The third-order valence-corrected chi connectivity index (χ3v) is 6.57. The van der Waals surface area contributed by atoms with Gasteiger partial charge in [0, 0.05) is 25.3 Å². The number of carbonyl (C=O) groups excluding carboxylic acids is 1. The van der Waals surface area contributed by atoms with Crippen molar-refractivity contribution >= 4 is 21.6 Å². The number of benzene rings is 2. The average molecular weight is 404 g/mol. The minimum atomic E-state index is -3.56. The molecule has 0 fully saturated rings. The molecule has 0 bridgehead atoms. The molecule has 2 aromatic rings. The second-order valence-corrected chi connectivity index (χ2v) is 8.39. The van der Waals surface area contributed by atoms with E-state index in [0.29, 0.717) is 25.3 Å². The van der Waals surface area contributed by atoms with Crippen molar-refractivity contribution in [3.8, 4) is 0 Å². The zero-order valence-electron chi connectivity index (χ0n) is 16.8. The largest absolute Gasteiger partial charge is 0.325 e. The quantitative estimate of drug-likeness (QED) is 0.661. The molecule has 0 heterocycles. The van der Waals surface area contributed by atoms with Crippen LogP contribution in [0.5, 0.6) is 0 Å². The van der Waals surface area contributed by atoms with Gasteiger partial charge in [-0.2, -0.15) is 4.31 Å². The molecule has 0 aliphatic rings. The van der Waals surface area contributed by atoms with Gasteiger partial charge in [-0.25, -0.2) is 8.42 Å². The molecule has 1 amide bonds. The summed E-state index contributed by atoms with van der Waals surface area (Å²) in [5.74, 6) is -0.171. The molecule has 28 heavy (non-hydrogen) atoms. The van der Waals surface area contributed by atoms with Gasteiger partial charge in [0.15, 0.2) is 0 Å². The van der Waals surface area contributed by atoms with Gasteiger partial charge in [-0.3, -0.25) is 9.69 Å². The van der Waals surface area contributed by atoms with Crippen molar-refractivity contribution in [3.05, 3.63) is 60.2 Å². The molecule has 2 aromatic carbocycles. The van der Waals surface area contributed by atoms with Crippen LogP contribution in [0.4, 0.5) is 5.69 Å². The molecule has 0 radical (unpaired) electrons. The highest BCUT2D eigenvalue weighted by Crippen LogP contribution is 2.19. The summed E-state index contributed by atoms with van der Waals surface area (Å²) < 4.78 is 26.7. The molecule has 0 aromatic heterocycles. The number of carbonyl (C=O) groups is 1. The third kappa shape index (κ3) is 5.89. The van der Waals surface area contributed by atoms with Crippen molar-refractivity contribution < 1.29 is 13.2 Å². The van der Waals surface area contributed by atoms with E-state index in [0.717, 1.165) is 12.1 Å². The molecule has 0 saturated heterocycles. The lowest BCUT2D eigenvalue weighted by Crippen LogP contribution is -2.33. The number of likely N-dealkylation sites (N-methyl/N-ethyl adjacent to an activating group) is 1. The van der Waals surface area contributed by atoms with Gasteiger partial charge in [0.25, 0.3) is 0 Å². The fraction of sp³-hybridized carbons (Fsp3) is 0.381. The maximum atomic E-state index is 12.7. The second kappa shape index (κ2) is 10.4. The first-order chi connectivity index (χ1) is 13.4. The Balaban J connectivity index is 2.05. The SMILES string of the molecule is CCN(CC(=O)Nc1cccc(S(=O)(=O)N(CC)CC)c1)Cc1ccccc1. The smallest absolute Gasteiger partial charge is 0.243 e. The van der Waals surface area contributed by atoms with Crippen LogP contribution >= 0.6 is 0 Å². The lowest BCUT2D eigenvalue weighted by atomic mass is 10.2. The molecule has 0 unspecified atom stereocenters. The van der Waals surface area contributed by atoms with E-state index in [9.17, 15) is 13.2 Å². The zero-order chi connectivity index (χ0) is 20.6. The molecule has 2 rings (SSSR count). The van der Waals surface area contributed by atoms with E-state index >= 15 is 0 Å². The number of hydrogen-bond acceptors (Lipinski definition) is 4. The molecule has 0 atom stereocenters. The summed E-state index contributed by atoms with van der Waals surface area (Å²) in [6, 6.07) is 16.4. The number of amides is 1. The van der Waals surface area contributed by atoms with E-state index in [4.69, 9.17) is 0 Å². The van der Waals surface area contributed by atoms with E-state index in [-0.39, 0.29) is 17.3 Å². The first kappa shape index (κ1) is 22.1. The summed E-state index contributed by atoms with van der Waals surface area (Å²) in [5, 5.41) is 2.82. The fourth-order valence-corrected chi connectivity index (χ4v) is 4.48. The summed E-state index contributed by atoms with van der Waals surface area (Å²) in [6.07, 6.45) is 0. The third-order valence-electron chi connectivity index (χ3n) is 4.52. The van der Waals surface area contributed by atoms with Gasteiger partial charge < -0.3 is 5.32 Å². The first-order valence-electron chi connectivity index (χ1n) is 9.57. The Hall–Kier alpha value is -2.22. The van der Waals surface area contributed by atoms with Gasteiger partial charge in [0.2, 0.25) is 15.9 Å². The molecule has 0 spiro atoms. The standard InChI is InChI=1S/C21H29N3O3S/c1-4-23(16-18-11-8-7-9-12-18)17-21(25)22-19-13-10-14-20(15-19)28(26,27)24(5-2)6-3/h7-15H,4-6,16-17H2,1-3H3,(H,22,25). The van der Waals surface area contributed by atoms with Gasteiger partial charge >= 0.3 is 0 Å². The highest BCUT2D eigenvalue weighted by molar-refractivity contribution is 7.89. The highest BCUT2D eigenvalue weighted by Gasteiger charge is 2.22. The van der Waals surface area contributed by atoms with E-state index in [1.165, 1.54) is 10.4 Å². The number of nitrogens with one attached hydrogen (secondary N) is 1. The van der Waals surface area contributed by atoms with Crippen LogP contribution in [0.3, 0.4) is 0 Å². The summed E-state index contributed by atoms with van der Waals surface area (Å²) in [5.41, 5.74) is 1.62. The Kier molecular flexibility index (Phi) is 8.17. The van der Waals surface area contributed by atoms with Crippen molar-refractivity contribution in [1.82, 2.24) is 9.21 Å². The van der Waals surface area contributed by atoms with Gasteiger partial charge in [0.1, 0.15) is 0 Å². The Morgan fingerprint density at radius 3 is 2.21 bits per heavy atom. The Bertz CT molecular complexity index is 865. The summed E-state index contributed by atoms with van der Waals surface area (Å²) in [7, 11) is -3.56. The van der Waals surface area contributed by atoms with Gasteiger partial charge in [0.05, 0.1) is 11.4 Å². The first-order valence-corrected chi connectivity index (χ1v) is 11.0. The second-order valence-electron chi connectivity index (χ2n) is 6.45. The lowest BCUT2D eigenvalue weighted by Gasteiger charge is -2.20. The Morgan fingerprint density at radius 2 is 1.61 bits per heavy atom. The van der Waals surface area contributed by atoms with E-state index in [2.05, 4.69) is 5.32 Å². The van der Waals surface area contributed by atoms with Crippen molar-refractivity contribution in [2.45, 2.75) is 32.2 Å². The number of sulfonamides is 1. The van der Waals surface area contributed by atoms with Crippen molar-refractivity contribution in [1.29, 1.82) is 0 Å². The Morgan fingerprint density at radius 1 is 0.929 bits per heavy atom. The topological polar surface area (TPSA) is 69.7 Å². The van der Waals surface area contributed by atoms with Crippen LogP contribution in [0, 0.1) is 0 Å². The molecule has 1 N–H and O–H groups in total. The van der Waals surface area contributed by atoms with Crippen molar-refractivity contribution in [2.75, 3.05) is 31.5 Å². The van der Waals surface area contributed by atoms with Gasteiger partial charge in [-0.15, -0.1) is 0 Å². The van der Waals surface area contributed by atoms with Crippen LogP contribution < -0.4 is 5.32 Å². The molecule has 0 saturated carbocycles. The number of rotatable bonds is 10. The maximum Gasteiger partial charge on any atom is 0.243 e. The lowest BCUT2D eigenvalue weighted by molar-refractivity contribution is -0.117. The molecule has 0 aliphatic carbocycles. The predicted octanol–water partition coefficient (Wildman–Crippen LogP) is 3.18.